The summed E-state index contributed by atoms with van der Waals surface area (Å²) in [5.74, 6) is -1.19. The first-order valence-electron chi connectivity index (χ1n) is 9.00. The second kappa shape index (κ2) is 8.37. The van der Waals surface area contributed by atoms with Crippen molar-refractivity contribution in [2.45, 2.75) is 51.7 Å². The quantitative estimate of drug-likeness (QED) is 0.671. The molecule has 1 aliphatic heterocycles. The van der Waals surface area contributed by atoms with Crippen LogP contribution in [-0.2, 0) is 19.1 Å². The minimum Gasteiger partial charge on any atom is -0.444 e. The molecule has 0 bridgehead atoms. The molecule has 1 aliphatic carbocycles. The largest absolute Gasteiger partial charge is 0.444 e. The number of carbonyl (C=O) groups is 4. The molecule has 0 aromatic carbocycles. The zero-order valence-electron chi connectivity index (χ0n) is 15.7. The highest BCUT2D eigenvalue weighted by molar-refractivity contribution is 6.35. The normalized spacial score (nSPS) is 17.5. The molecule has 2 N–H and O–H groups in total. The Hall–Kier alpha value is -2.32. The molecule has 146 valence electrons. The van der Waals surface area contributed by atoms with Crippen LogP contribution in [0.1, 0.15) is 40.0 Å². The molecule has 9 heteroatoms. The van der Waals surface area contributed by atoms with E-state index in [0.29, 0.717) is 26.2 Å². The molecule has 0 aromatic rings. The maximum Gasteiger partial charge on any atom is 0.407 e. The third kappa shape index (κ3) is 6.53. The molecule has 0 radical (unpaired) electrons. The number of amides is 4. The fraction of sp³-hybridized carbons (Fsp3) is 0.765. The van der Waals surface area contributed by atoms with Crippen LogP contribution in [0, 0.1) is 0 Å². The Morgan fingerprint density at radius 3 is 2.12 bits per heavy atom. The third-order valence-electron chi connectivity index (χ3n) is 4.03. The first-order valence-corrected chi connectivity index (χ1v) is 9.00. The number of ether oxygens (including phenoxy) is 1. The zero-order chi connectivity index (χ0) is 19.3. The molecule has 2 aliphatic rings. The second-order valence-corrected chi connectivity index (χ2v) is 7.60. The van der Waals surface area contributed by atoms with Crippen molar-refractivity contribution >= 4 is 23.8 Å². The summed E-state index contributed by atoms with van der Waals surface area (Å²) in [5.41, 5.74) is -0.581. The fourth-order valence-corrected chi connectivity index (χ4v) is 2.52. The Bertz CT molecular complexity index is 560. The van der Waals surface area contributed by atoms with Crippen LogP contribution in [0.25, 0.3) is 0 Å². The highest BCUT2D eigenvalue weighted by atomic mass is 16.6. The van der Waals surface area contributed by atoms with Gasteiger partial charge in [0.05, 0.1) is 0 Å². The van der Waals surface area contributed by atoms with Crippen molar-refractivity contribution < 1.29 is 23.9 Å². The van der Waals surface area contributed by atoms with Crippen molar-refractivity contribution in [3.05, 3.63) is 0 Å². The molecule has 9 nitrogen and oxygen atoms in total. The Morgan fingerprint density at radius 1 is 1.00 bits per heavy atom. The van der Waals surface area contributed by atoms with Crippen LogP contribution in [0.5, 0.6) is 0 Å². The predicted molar refractivity (Wildman–Crippen MR) is 93.2 cm³/mol. The number of hydrogen-bond donors (Lipinski definition) is 2. The Morgan fingerprint density at radius 2 is 1.58 bits per heavy atom. The van der Waals surface area contributed by atoms with Gasteiger partial charge in [-0.05, 0) is 33.6 Å². The summed E-state index contributed by atoms with van der Waals surface area (Å²) >= 11 is 0. The number of nitrogens with zero attached hydrogens (tertiary/aromatic N) is 2. The monoisotopic (exact) mass is 368 g/mol. The summed E-state index contributed by atoms with van der Waals surface area (Å²) in [6.45, 7) is 6.93. The van der Waals surface area contributed by atoms with Gasteiger partial charge < -0.3 is 25.2 Å². The first kappa shape index (κ1) is 20.0. The molecule has 0 atom stereocenters. The number of hydrogen-bond acceptors (Lipinski definition) is 5. The molecule has 2 fully saturated rings. The maximum absolute atomic E-state index is 12.2. The molecule has 1 heterocycles. The molecular formula is C17H28N4O5. The molecule has 26 heavy (non-hydrogen) atoms. The molecule has 0 spiro atoms. The first-order chi connectivity index (χ1) is 12.2. The average Bonchev–Trinajstić information content (AvgIpc) is 3.36. The lowest BCUT2D eigenvalue weighted by atomic mass is 10.2. The maximum atomic E-state index is 12.2. The molecule has 1 saturated heterocycles. The van der Waals surface area contributed by atoms with E-state index in [1.165, 1.54) is 4.90 Å². The lowest BCUT2D eigenvalue weighted by molar-refractivity contribution is -0.148. The van der Waals surface area contributed by atoms with Gasteiger partial charge in [-0.3, -0.25) is 14.4 Å². The lowest BCUT2D eigenvalue weighted by Gasteiger charge is -2.34. The standard InChI is InChI=1S/C17H28N4O5/c1-17(2,3)26-16(25)18-7-6-13(22)20-8-10-21(11-9-20)15(24)14(23)19-12-4-5-12/h12H,4-11H2,1-3H3,(H,18,25)(H,19,23). The summed E-state index contributed by atoms with van der Waals surface area (Å²) in [5, 5.41) is 5.23. The van der Waals surface area contributed by atoms with Crippen LogP contribution in [-0.4, -0.2) is 78.0 Å². The highest BCUT2D eigenvalue weighted by Gasteiger charge is 2.31. The second-order valence-electron chi connectivity index (χ2n) is 7.60. The predicted octanol–water partition coefficient (Wildman–Crippen LogP) is -0.149. The van der Waals surface area contributed by atoms with Crippen LogP contribution in [0.4, 0.5) is 4.79 Å². The fourth-order valence-electron chi connectivity index (χ4n) is 2.52. The summed E-state index contributed by atoms with van der Waals surface area (Å²) in [6, 6.07) is 0.145. The van der Waals surface area contributed by atoms with E-state index in [1.807, 2.05) is 0 Å². The molecule has 4 amide bonds. The van der Waals surface area contributed by atoms with Gasteiger partial charge in [0.1, 0.15) is 5.60 Å². The van der Waals surface area contributed by atoms with E-state index in [1.54, 1.807) is 25.7 Å². The van der Waals surface area contributed by atoms with Gasteiger partial charge in [0.15, 0.2) is 0 Å². The van der Waals surface area contributed by atoms with Crippen molar-refractivity contribution in [3.8, 4) is 0 Å². The van der Waals surface area contributed by atoms with Crippen LogP contribution >= 0.6 is 0 Å². The van der Waals surface area contributed by atoms with Crippen LogP contribution in [0.15, 0.2) is 0 Å². The van der Waals surface area contributed by atoms with E-state index >= 15 is 0 Å². The van der Waals surface area contributed by atoms with E-state index < -0.39 is 23.5 Å². The smallest absolute Gasteiger partial charge is 0.407 e. The topological polar surface area (TPSA) is 108 Å². The van der Waals surface area contributed by atoms with Crippen molar-refractivity contribution in [1.82, 2.24) is 20.4 Å². The summed E-state index contributed by atoms with van der Waals surface area (Å²) in [4.78, 5) is 50.7. The van der Waals surface area contributed by atoms with Crippen molar-refractivity contribution in [1.29, 1.82) is 0 Å². The molecule has 2 rings (SSSR count). The van der Waals surface area contributed by atoms with E-state index in [2.05, 4.69) is 10.6 Å². The van der Waals surface area contributed by atoms with Gasteiger partial charge in [-0.1, -0.05) is 0 Å². The Labute approximate surface area is 153 Å². The molecular weight excluding hydrogens is 340 g/mol. The average molecular weight is 368 g/mol. The Kier molecular flexibility index (Phi) is 6.44. The van der Waals surface area contributed by atoms with Gasteiger partial charge in [-0.15, -0.1) is 0 Å². The minimum atomic E-state index is -0.581. The van der Waals surface area contributed by atoms with Crippen molar-refractivity contribution in [3.63, 3.8) is 0 Å². The van der Waals surface area contributed by atoms with E-state index in [9.17, 15) is 19.2 Å². The molecule has 1 saturated carbocycles. The van der Waals surface area contributed by atoms with Crippen LogP contribution in [0.2, 0.25) is 0 Å². The van der Waals surface area contributed by atoms with E-state index in [-0.39, 0.29) is 24.9 Å². The van der Waals surface area contributed by atoms with Gasteiger partial charge in [-0.2, -0.15) is 0 Å². The van der Waals surface area contributed by atoms with Gasteiger partial charge in [0.2, 0.25) is 5.91 Å². The number of rotatable bonds is 4. The van der Waals surface area contributed by atoms with Crippen molar-refractivity contribution in [2.75, 3.05) is 32.7 Å². The zero-order valence-corrected chi connectivity index (χ0v) is 15.7. The van der Waals surface area contributed by atoms with E-state index in [4.69, 9.17) is 4.74 Å². The number of nitrogens with one attached hydrogen (secondary N) is 2. The lowest BCUT2D eigenvalue weighted by Crippen LogP contribution is -2.54. The van der Waals surface area contributed by atoms with Crippen LogP contribution < -0.4 is 10.6 Å². The summed E-state index contributed by atoms with van der Waals surface area (Å²) < 4.78 is 5.10. The van der Waals surface area contributed by atoms with Crippen molar-refractivity contribution in [2.24, 2.45) is 0 Å². The van der Waals surface area contributed by atoms with Gasteiger partial charge >= 0.3 is 17.9 Å². The van der Waals surface area contributed by atoms with E-state index in [0.717, 1.165) is 12.8 Å². The van der Waals surface area contributed by atoms with Crippen LogP contribution in [0.3, 0.4) is 0 Å². The summed E-state index contributed by atoms with van der Waals surface area (Å²) in [7, 11) is 0. The van der Waals surface area contributed by atoms with Gasteiger partial charge in [0.25, 0.3) is 0 Å². The number of carbonyl (C=O) groups excluding carboxylic acids is 4. The minimum absolute atomic E-state index is 0.101. The highest BCUT2D eigenvalue weighted by Crippen LogP contribution is 2.18. The van der Waals surface area contributed by atoms with Gasteiger partial charge in [-0.25, -0.2) is 4.79 Å². The Balaban J connectivity index is 1.65. The van der Waals surface area contributed by atoms with Gasteiger partial charge in [0, 0.05) is 45.2 Å². The number of piperazine rings is 1. The SMILES string of the molecule is CC(C)(C)OC(=O)NCCC(=O)N1CCN(C(=O)C(=O)NC2CC2)CC1. The number of alkyl carbamates (subject to hydrolysis) is 1. The molecule has 0 aromatic heterocycles. The molecule has 0 unspecified atom stereocenters. The summed E-state index contributed by atoms with van der Waals surface area (Å²) in [6.07, 6.45) is 1.47. The third-order valence-corrected chi connectivity index (χ3v) is 4.03.